The average Bonchev–Trinajstić information content (AvgIpc) is 2.98. The van der Waals surface area contributed by atoms with Crippen LogP contribution in [-0.2, 0) is 6.42 Å². The number of hydrogen-bond acceptors (Lipinski definition) is 3. The van der Waals surface area contributed by atoms with Crippen molar-refractivity contribution in [1.82, 2.24) is 4.98 Å². The molecule has 2 rings (SSSR count). The SMILES string of the molecule is CCCCc1[nH]cc(C(=O)Nc2ccc(OCC)cc2F)c1C=O. The Balaban J connectivity index is 2.18. The average molecular weight is 332 g/mol. The van der Waals surface area contributed by atoms with Gasteiger partial charge < -0.3 is 15.0 Å². The number of anilines is 1. The number of benzene rings is 1. The summed E-state index contributed by atoms with van der Waals surface area (Å²) in [5.74, 6) is -0.729. The van der Waals surface area contributed by atoms with Crippen LogP contribution in [0.25, 0.3) is 0 Å². The number of nitrogens with one attached hydrogen (secondary N) is 2. The van der Waals surface area contributed by atoms with E-state index in [0.717, 1.165) is 18.5 Å². The smallest absolute Gasteiger partial charge is 0.258 e. The zero-order valence-electron chi connectivity index (χ0n) is 13.8. The Hall–Kier alpha value is -2.63. The molecule has 1 aromatic heterocycles. The van der Waals surface area contributed by atoms with Gasteiger partial charge >= 0.3 is 0 Å². The highest BCUT2D eigenvalue weighted by atomic mass is 19.1. The van der Waals surface area contributed by atoms with Gasteiger partial charge in [-0.1, -0.05) is 13.3 Å². The zero-order valence-corrected chi connectivity index (χ0v) is 13.8. The van der Waals surface area contributed by atoms with Crippen LogP contribution in [0.3, 0.4) is 0 Å². The molecule has 5 nitrogen and oxygen atoms in total. The van der Waals surface area contributed by atoms with E-state index in [-0.39, 0.29) is 11.3 Å². The van der Waals surface area contributed by atoms with E-state index >= 15 is 0 Å². The third-order valence-corrected chi connectivity index (χ3v) is 3.65. The van der Waals surface area contributed by atoms with Crippen molar-refractivity contribution in [3.8, 4) is 5.75 Å². The third kappa shape index (κ3) is 4.01. The quantitative estimate of drug-likeness (QED) is 0.719. The molecule has 0 saturated carbocycles. The standard InChI is InChI=1S/C18H21FN2O3/c1-3-5-6-16-14(11-22)13(10-20-16)18(23)21-17-8-7-12(24-4-2)9-15(17)19/h7-11,20H,3-6H2,1-2H3,(H,21,23). The van der Waals surface area contributed by atoms with Crippen LogP contribution in [0.5, 0.6) is 5.75 Å². The molecule has 6 heteroatoms. The van der Waals surface area contributed by atoms with Crippen LogP contribution in [-0.4, -0.2) is 23.8 Å². The second-order valence-electron chi connectivity index (χ2n) is 5.34. The number of carbonyl (C=O) groups is 2. The fraction of sp³-hybridized carbons (Fsp3) is 0.333. The van der Waals surface area contributed by atoms with Crippen molar-refractivity contribution in [2.24, 2.45) is 0 Å². The van der Waals surface area contributed by atoms with Gasteiger partial charge in [-0.2, -0.15) is 0 Å². The molecule has 0 aliphatic carbocycles. The lowest BCUT2D eigenvalue weighted by Gasteiger charge is -2.08. The van der Waals surface area contributed by atoms with Gasteiger partial charge in [-0.05, 0) is 31.9 Å². The van der Waals surface area contributed by atoms with Crippen molar-refractivity contribution >= 4 is 17.9 Å². The summed E-state index contributed by atoms with van der Waals surface area (Å²) in [6, 6.07) is 4.22. The summed E-state index contributed by atoms with van der Waals surface area (Å²) in [4.78, 5) is 26.6. The first-order valence-corrected chi connectivity index (χ1v) is 7.99. The number of aromatic amines is 1. The monoisotopic (exact) mass is 332 g/mol. The number of aromatic nitrogens is 1. The molecule has 2 N–H and O–H groups in total. The molecule has 1 heterocycles. The van der Waals surface area contributed by atoms with E-state index in [1.165, 1.54) is 18.3 Å². The Kier molecular flexibility index (Phi) is 6.12. The summed E-state index contributed by atoms with van der Waals surface area (Å²) in [6.45, 7) is 4.28. The number of ether oxygens (including phenoxy) is 1. The first-order valence-electron chi connectivity index (χ1n) is 7.99. The molecular formula is C18H21FN2O3. The molecule has 24 heavy (non-hydrogen) atoms. The van der Waals surface area contributed by atoms with E-state index < -0.39 is 11.7 Å². The normalized spacial score (nSPS) is 10.5. The van der Waals surface area contributed by atoms with Crippen molar-refractivity contribution in [3.05, 3.63) is 47.0 Å². The molecule has 0 bridgehead atoms. The van der Waals surface area contributed by atoms with Gasteiger partial charge in [0.05, 0.1) is 17.9 Å². The summed E-state index contributed by atoms with van der Waals surface area (Å²) in [5.41, 5.74) is 1.30. The maximum absolute atomic E-state index is 14.0. The number of rotatable bonds is 8. The Bertz CT molecular complexity index is 725. The Morgan fingerprint density at radius 3 is 2.79 bits per heavy atom. The van der Waals surface area contributed by atoms with Crippen LogP contribution in [0.4, 0.5) is 10.1 Å². The van der Waals surface area contributed by atoms with E-state index in [4.69, 9.17) is 4.74 Å². The molecule has 1 aromatic carbocycles. The van der Waals surface area contributed by atoms with Crippen LogP contribution < -0.4 is 10.1 Å². The van der Waals surface area contributed by atoms with E-state index in [9.17, 15) is 14.0 Å². The zero-order chi connectivity index (χ0) is 17.5. The van der Waals surface area contributed by atoms with Crippen LogP contribution in [0.2, 0.25) is 0 Å². The number of amides is 1. The summed E-state index contributed by atoms with van der Waals surface area (Å²) in [6.07, 6.45) is 4.73. The Morgan fingerprint density at radius 1 is 1.38 bits per heavy atom. The number of aldehydes is 1. The molecule has 0 aliphatic rings. The topological polar surface area (TPSA) is 71.2 Å². The molecule has 0 fully saturated rings. The minimum atomic E-state index is -0.594. The molecule has 0 spiro atoms. The van der Waals surface area contributed by atoms with Crippen LogP contribution in [0, 0.1) is 5.82 Å². The minimum absolute atomic E-state index is 0.0385. The molecule has 1 amide bonds. The largest absolute Gasteiger partial charge is 0.494 e. The minimum Gasteiger partial charge on any atom is -0.494 e. The maximum atomic E-state index is 14.0. The van der Waals surface area contributed by atoms with Crippen molar-refractivity contribution in [1.29, 1.82) is 0 Å². The first kappa shape index (κ1) is 17.7. The number of H-pyrrole nitrogens is 1. The fourth-order valence-corrected chi connectivity index (χ4v) is 2.40. The van der Waals surface area contributed by atoms with Crippen molar-refractivity contribution < 1.29 is 18.7 Å². The van der Waals surface area contributed by atoms with Crippen LogP contribution >= 0.6 is 0 Å². The first-order chi connectivity index (χ1) is 11.6. The van der Waals surface area contributed by atoms with Gasteiger partial charge in [-0.3, -0.25) is 9.59 Å². The molecule has 0 saturated heterocycles. The van der Waals surface area contributed by atoms with Gasteiger partial charge in [0.15, 0.2) is 6.29 Å². The number of hydrogen-bond donors (Lipinski definition) is 2. The third-order valence-electron chi connectivity index (χ3n) is 3.65. The lowest BCUT2D eigenvalue weighted by Crippen LogP contribution is -2.14. The van der Waals surface area contributed by atoms with Crippen molar-refractivity contribution in [2.75, 3.05) is 11.9 Å². The number of halogens is 1. The Morgan fingerprint density at radius 2 is 2.17 bits per heavy atom. The lowest BCUT2D eigenvalue weighted by atomic mass is 10.1. The van der Waals surface area contributed by atoms with Gasteiger partial charge in [0, 0.05) is 23.5 Å². The van der Waals surface area contributed by atoms with Crippen molar-refractivity contribution in [2.45, 2.75) is 33.1 Å². The predicted octanol–water partition coefficient (Wildman–Crippen LogP) is 3.96. The van der Waals surface area contributed by atoms with E-state index in [1.807, 2.05) is 6.92 Å². The fourth-order valence-electron chi connectivity index (χ4n) is 2.40. The summed E-state index contributed by atoms with van der Waals surface area (Å²) >= 11 is 0. The molecule has 0 unspecified atom stereocenters. The predicted molar refractivity (Wildman–Crippen MR) is 90.3 cm³/mol. The molecule has 0 atom stereocenters. The Labute approximate surface area is 140 Å². The van der Waals surface area contributed by atoms with Crippen molar-refractivity contribution in [3.63, 3.8) is 0 Å². The van der Waals surface area contributed by atoms with E-state index in [0.29, 0.717) is 30.6 Å². The van der Waals surface area contributed by atoms with Gasteiger partial charge in [0.25, 0.3) is 5.91 Å². The highest BCUT2D eigenvalue weighted by molar-refractivity contribution is 6.09. The maximum Gasteiger partial charge on any atom is 0.258 e. The summed E-state index contributed by atoms with van der Waals surface area (Å²) < 4.78 is 19.2. The summed E-state index contributed by atoms with van der Waals surface area (Å²) in [5, 5.41) is 2.49. The number of aryl methyl sites for hydroxylation is 1. The van der Waals surface area contributed by atoms with E-state index in [2.05, 4.69) is 10.3 Å². The van der Waals surface area contributed by atoms with E-state index in [1.54, 1.807) is 13.0 Å². The van der Waals surface area contributed by atoms with Gasteiger partial charge in [-0.15, -0.1) is 0 Å². The van der Waals surface area contributed by atoms with Crippen LogP contribution in [0.15, 0.2) is 24.4 Å². The van der Waals surface area contributed by atoms with Gasteiger partial charge in [0.2, 0.25) is 0 Å². The molecule has 2 aromatic rings. The highest BCUT2D eigenvalue weighted by Crippen LogP contribution is 2.22. The molecule has 0 aliphatic heterocycles. The number of unbranched alkanes of at least 4 members (excludes halogenated alkanes) is 1. The lowest BCUT2D eigenvalue weighted by molar-refractivity contribution is 0.101. The molecule has 128 valence electrons. The molecular weight excluding hydrogens is 311 g/mol. The molecule has 0 radical (unpaired) electrons. The summed E-state index contributed by atoms with van der Waals surface area (Å²) in [7, 11) is 0. The van der Waals surface area contributed by atoms with Gasteiger partial charge in [-0.25, -0.2) is 4.39 Å². The second kappa shape index (κ2) is 8.29. The van der Waals surface area contributed by atoms with Gasteiger partial charge in [0.1, 0.15) is 11.6 Å². The highest BCUT2D eigenvalue weighted by Gasteiger charge is 2.18. The van der Waals surface area contributed by atoms with Crippen LogP contribution in [0.1, 0.15) is 53.1 Å². The number of carbonyl (C=O) groups excluding carboxylic acids is 2. The second-order valence-corrected chi connectivity index (χ2v) is 5.34.